The Morgan fingerprint density at radius 3 is 2.58 bits per heavy atom. The van der Waals surface area contributed by atoms with Crippen LogP contribution in [0.4, 0.5) is 0 Å². The van der Waals surface area contributed by atoms with Crippen LogP contribution in [0.15, 0.2) is 40.9 Å². The number of nitriles is 1. The van der Waals surface area contributed by atoms with Crippen LogP contribution >= 0.6 is 27.3 Å². The van der Waals surface area contributed by atoms with Crippen LogP contribution in [0.5, 0.6) is 11.5 Å². The van der Waals surface area contributed by atoms with Crippen LogP contribution < -0.4 is 9.47 Å². The summed E-state index contributed by atoms with van der Waals surface area (Å²) in [5.41, 5.74) is 2.22. The van der Waals surface area contributed by atoms with E-state index < -0.39 is 0 Å². The smallest absolute Gasteiger partial charge is 0.161 e. The van der Waals surface area contributed by atoms with Gasteiger partial charge in [0, 0.05) is 4.47 Å². The van der Waals surface area contributed by atoms with Gasteiger partial charge in [-0.15, -0.1) is 11.3 Å². The third-order valence-corrected chi connectivity index (χ3v) is 5.20. The van der Waals surface area contributed by atoms with Gasteiger partial charge >= 0.3 is 0 Å². The average Bonchev–Trinajstić information content (AvgIpc) is 3.04. The van der Waals surface area contributed by atoms with Crippen molar-refractivity contribution in [2.75, 3.05) is 14.2 Å². The second-order valence-electron chi connectivity index (χ2n) is 4.89. The molecule has 2 aromatic carbocycles. The van der Waals surface area contributed by atoms with Gasteiger partial charge in [0.2, 0.25) is 0 Å². The first-order chi connectivity index (χ1) is 11.7. The molecule has 0 unspecified atom stereocenters. The molecule has 6 heteroatoms. The van der Waals surface area contributed by atoms with Gasteiger partial charge in [0.15, 0.2) is 11.5 Å². The lowest BCUT2D eigenvalue weighted by atomic mass is 10.1. The minimum atomic E-state index is 0.504. The zero-order chi connectivity index (χ0) is 17.1. The minimum Gasteiger partial charge on any atom is -0.493 e. The number of methoxy groups -OCH3 is 2. The molecule has 0 radical (unpaired) electrons. The van der Waals surface area contributed by atoms with E-state index >= 15 is 0 Å². The van der Waals surface area contributed by atoms with E-state index in [2.05, 4.69) is 27.0 Å². The second-order valence-corrected chi connectivity index (χ2v) is 6.77. The van der Waals surface area contributed by atoms with E-state index in [4.69, 9.17) is 9.47 Å². The predicted molar refractivity (Wildman–Crippen MR) is 100 cm³/mol. The number of aromatic nitrogens is 1. The van der Waals surface area contributed by atoms with Crippen molar-refractivity contribution >= 4 is 49.1 Å². The van der Waals surface area contributed by atoms with E-state index in [1.54, 1.807) is 20.3 Å². The molecule has 0 atom stereocenters. The topological polar surface area (TPSA) is 55.1 Å². The molecule has 0 spiro atoms. The summed E-state index contributed by atoms with van der Waals surface area (Å²) in [5, 5.41) is 10.3. The van der Waals surface area contributed by atoms with Crippen molar-refractivity contribution in [2.24, 2.45) is 0 Å². The first kappa shape index (κ1) is 16.5. The fourth-order valence-corrected chi connectivity index (χ4v) is 3.63. The Kier molecular flexibility index (Phi) is 4.84. The third kappa shape index (κ3) is 3.14. The van der Waals surface area contributed by atoms with E-state index in [0.29, 0.717) is 22.1 Å². The number of fused-ring (bicyclic) bond motifs is 1. The van der Waals surface area contributed by atoms with Gasteiger partial charge in [-0.1, -0.05) is 28.1 Å². The van der Waals surface area contributed by atoms with Crippen LogP contribution in [0.25, 0.3) is 21.9 Å². The molecule has 0 aliphatic heterocycles. The van der Waals surface area contributed by atoms with Crippen molar-refractivity contribution in [3.05, 3.63) is 51.4 Å². The molecule has 0 saturated heterocycles. The van der Waals surface area contributed by atoms with E-state index in [0.717, 1.165) is 20.3 Å². The molecular weight excluding hydrogens is 388 g/mol. The highest BCUT2D eigenvalue weighted by atomic mass is 79.9. The summed E-state index contributed by atoms with van der Waals surface area (Å²) in [6.07, 6.45) is 1.80. The number of benzene rings is 2. The number of nitrogens with zero attached hydrogens (tertiary/aromatic N) is 2. The fraction of sp³-hybridized carbons (Fsp3) is 0.111. The van der Waals surface area contributed by atoms with E-state index in [1.807, 2.05) is 36.4 Å². The van der Waals surface area contributed by atoms with Crippen LogP contribution in [0, 0.1) is 11.3 Å². The second kappa shape index (κ2) is 7.04. The Balaban J connectivity index is 2.09. The van der Waals surface area contributed by atoms with Crippen molar-refractivity contribution in [2.45, 2.75) is 0 Å². The van der Waals surface area contributed by atoms with Gasteiger partial charge in [0.1, 0.15) is 11.1 Å². The highest BCUT2D eigenvalue weighted by molar-refractivity contribution is 9.10. The first-order valence-electron chi connectivity index (χ1n) is 7.05. The molecule has 4 nitrogen and oxygen atoms in total. The molecule has 0 bridgehead atoms. The summed E-state index contributed by atoms with van der Waals surface area (Å²) >= 11 is 5.01. The Bertz CT molecular complexity index is 940. The lowest BCUT2D eigenvalue weighted by Crippen LogP contribution is -1.92. The first-order valence-corrected chi connectivity index (χ1v) is 8.66. The number of ether oxygens (including phenoxy) is 2. The highest BCUT2D eigenvalue weighted by Crippen LogP contribution is 2.36. The highest BCUT2D eigenvalue weighted by Gasteiger charge is 2.12. The van der Waals surface area contributed by atoms with Crippen LogP contribution in [0.2, 0.25) is 0 Å². The Hall–Kier alpha value is -2.36. The van der Waals surface area contributed by atoms with Gasteiger partial charge in [-0.05, 0) is 35.9 Å². The zero-order valence-corrected chi connectivity index (χ0v) is 15.4. The molecule has 3 aromatic rings. The standard InChI is InChI=1S/C18H13BrN2O2S/c1-22-15-8-11(13(19)9-16(15)23-2)7-12(10-20)18-21-14-5-3-4-6-17(14)24-18/h3-9H,1-2H3. The lowest BCUT2D eigenvalue weighted by Gasteiger charge is -2.10. The molecule has 0 fully saturated rings. The summed E-state index contributed by atoms with van der Waals surface area (Å²) in [6, 6.07) is 13.7. The molecule has 0 aliphatic carbocycles. The Labute approximate surface area is 152 Å². The normalized spacial score (nSPS) is 11.3. The SMILES string of the molecule is COc1cc(Br)c(C=C(C#N)c2nc3ccccc3s2)cc1OC. The number of rotatable bonds is 4. The van der Waals surface area contributed by atoms with E-state index in [9.17, 15) is 5.26 Å². The van der Waals surface area contributed by atoms with Crippen molar-refractivity contribution in [1.82, 2.24) is 4.98 Å². The summed E-state index contributed by atoms with van der Waals surface area (Å²) in [6.45, 7) is 0. The molecule has 0 saturated carbocycles. The Morgan fingerprint density at radius 2 is 1.92 bits per heavy atom. The number of thiazole rings is 1. The van der Waals surface area contributed by atoms with Gasteiger partial charge in [0.25, 0.3) is 0 Å². The monoisotopic (exact) mass is 400 g/mol. The molecule has 3 rings (SSSR count). The molecule has 1 heterocycles. The van der Waals surface area contributed by atoms with Gasteiger partial charge < -0.3 is 9.47 Å². The van der Waals surface area contributed by atoms with Crippen LogP contribution in [0.1, 0.15) is 10.6 Å². The average molecular weight is 401 g/mol. The number of hydrogen-bond donors (Lipinski definition) is 0. The van der Waals surface area contributed by atoms with Crippen LogP contribution in [-0.4, -0.2) is 19.2 Å². The van der Waals surface area contributed by atoms with Gasteiger partial charge in [-0.25, -0.2) is 4.98 Å². The van der Waals surface area contributed by atoms with Crippen molar-refractivity contribution in [3.8, 4) is 17.6 Å². The lowest BCUT2D eigenvalue weighted by molar-refractivity contribution is 0.354. The minimum absolute atomic E-state index is 0.504. The van der Waals surface area contributed by atoms with Crippen LogP contribution in [-0.2, 0) is 0 Å². The molecular formula is C18H13BrN2O2S. The van der Waals surface area contributed by atoms with E-state index in [1.165, 1.54) is 11.3 Å². The number of para-hydroxylation sites is 1. The molecule has 0 aliphatic rings. The molecule has 120 valence electrons. The summed E-state index contributed by atoms with van der Waals surface area (Å²) in [5.74, 6) is 1.23. The number of hydrogen-bond acceptors (Lipinski definition) is 5. The fourth-order valence-electron chi connectivity index (χ4n) is 2.27. The van der Waals surface area contributed by atoms with Crippen molar-refractivity contribution < 1.29 is 9.47 Å². The largest absolute Gasteiger partial charge is 0.493 e. The van der Waals surface area contributed by atoms with Gasteiger partial charge in [0.05, 0.1) is 30.0 Å². The summed E-state index contributed by atoms with van der Waals surface area (Å²) in [7, 11) is 3.17. The maximum atomic E-state index is 9.56. The third-order valence-electron chi connectivity index (χ3n) is 3.45. The summed E-state index contributed by atoms with van der Waals surface area (Å²) in [4.78, 5) is 4.54. The Morgan fingerprint density at radius 1 is 1.21 bits per heavy atom. The van der Waals surface area contributed by atoms with E-state index in [-0.39, 0.29) is 0 Å². The quantitative estimate of drug-likeness (QED) is 0.568. The van der Waals surface area contributed by atoms with Crippen LogP contribution in [0.3, 0.4) is 0 Å². The zero-order valence-electron chi connectivity index (χ0n) is 13.0. The van der Waals surface area contributed by atoms with Crippen molar-refractivity contribution in [3.63, 3.8) is 0 Å². The number of halogens is 1. The molecule has 24 heavy (non-hydrogen) atoms. The maximum Gasteiger partial charge on any atom is 0.161 e. The molecule has 1 aromatic heterocycles. The molecule has 0 N–H and O–H groups in total. The maximum absolute atomic E-state index is 9.56. The van der Waals surface area contributed by atoms with Gasteiger partial charge in [-0.2, -0.15) is 5.26 Å². The van der Waals surface area contributed by atoms with Crippen molar-refractivity contribution in [1.29, 1.82) is 5.26 Å². The van der Waals surface area contributed by atoms with Gasteiger partial charge in [-0.3, -0.25) is 0 Å². The number of allylic oxidation sites excluding steroid dienone is 1. The predicted octanol–water partition coefficient (Wildman–Crippen LogP) is 5.14. The summed E-state index contributed by atoms with van der Waals surface area (Å²) < 4.78 is 12.5. The molecule has 0 amide bonds.